The largest absolute Gasteiger partial charge is 0.352 e. The molecule has 1 aliphatic heterocycles. The van der Waals surface area contributed by atoms with E-state index in [1.54, 1.807) is 17.3 Å². The van der Waals surface area contributed by atoms with Gasteiger partial charge in [0.1, 0.15) is 5.69 Å². The predicted octanol–water partition coefficient (Wildman–Crippen LogP) is 1.04. The van der Waals surface area contributed by atoms with E-state index in [0.29, 0.717) is 25.3 Å². The number of amides is 2. The highest BCUT2D eigenvalue weighted by molar-refractivity contribution is 5.92. The van der Waals surface area contributed by atoms with Crippen molar-refractivity contribution in [3.63, 3.8) is 0 Å². The van der Waals surface area contributed by atoms with Crippen molar-refractivity contribution in [2.24, 2.45) is 5.92 Å². The molecule has 1 fully saturated rings. The van der Waals surface area contributed by atoms with Gasteiger partial charge in [-0.15, -0.1) is 0 Å². The van der Waals surface area contributed by atoms with Gasteiger partial charge in [-0.2, -0.15) is 0 Å². The Bertz CT molecular complexity index is 693. The van der Waals surface area contributed by atoms with Crippen molar-refractivity contribution in [1.29, 1.82) is 0 Å². The van der Waals surface area contributed by atoms with Crippen LogP contribution in [0.4, 0.5) is 0 Å². The molecule has 1 aliphatic rings. The summed E-state index contributed by atoms with van der Waals surface area (Å²) in [5, 5.41) is 2.94. The summed E-state index contributed by atoms with van der Waals surface area (Å²) in [5.41, 5.74) is 1.32. The molecule has 7 nitrogen and oxygen atoms in total. The Morgan fingerprint density at radius 3 is 2.75 bits per heavy atom. The normalized spacial score (nSPS) is 17.3. The number of likely N-dealkylation sites (tertiary alicyclic amines) is 1. The molecule has 24 heavy (non-hydrogen) atoms. The number of carbonyl (C=O) groups is 2. The number of carbonyl (C=O) groups excluding carboxylic acids is 2. The molecule has 3 heterocycles. The summed E-state index contributed by atoms with van der Waals surface area (Å²) in [6, 6.07) is 3.73. The van der Waals surface area contributed by atoms with Crippen LogP contribution in [0.15, 0.2) is 43.1 Å². The summed E-state index contributed by atoms with van der Waals surface area (Å²) in [4.78, 5) is 38.4. The minimum atomic E-state index is -0.193. The van der Waals surface area contributed by atoms with Crippen LogP contribution in [0.25, 0.3) is 0 Å². The quantitative estimate of drug-likeness (QED) is 0.907. The third-order valence-electron chi connectivity index (χ3n) is 4.08. The minimum Gasteiger partial charge on any atom is -0.352 e. The molecule has 1 N–H and O–H groups in total. The highest BCUT2D eigenvalue weighted by Gasteiger charge is 2.29. The number of nitrogens with zero attached hydrogens (tertiary/aromatic N) is 4. The van der Waals surface area contributed by atoms with Gasteiger partial charge in [-0.3, -0.25) is 19.6 Å². The van der Waals surface area contributed by atoms with Crippen molar-refractivity contribution >= 4 is 11.8 Å². The molecule has 2 aromatic heterocycles. The van der Waals surface area contributed by atoms with Gasteiger partial charge in [0, 0.05) is 44.4 Å². The maximum Gasteiger partial charge on any atom is 0.274 e. The van der Waals surface area contributed by atoms with Gasteiger partial charge in [-0.25, -0.2) is 4.98 Å². The molecular formula is C17H19N5O2. The molecule has 2 amide bonds. The Kier molecular flexibility index (Phi) is 5.10. The molecule has 0 spiro atoms. The molecule has 1 atom stereocenters. The smallest absolute Gasteiger partial charge is 0.274 e. The molecule has 124 valence electrons. The topological polar surface area (TPSA) is 88.1 Å². The van der Waals surface area contributed by atoms with Crippen molar-refractivity contribution in [1.82, 2.24) is 25.2 Å². The minimum absolute atomic E-state index is 0.0246. The Hall–Kier alpha value is -2.83. The first-order chi connectivity index (χ1) is 11.7. The molecule has 0 aromatic carbocycles. The molecular weight excluding hydrogens is 306 g/mol. The van der Waals surface area contributed by atoms with Crippen LogP contribution in [0.5, 0.6) is 0 Å². The molecule has 0 aliphatic carbocycles. The fraction of sp³-hybridized carbons (Fsp3) is 0.353. The maximum atomic E-state index is 12.4. The van der Waals surface area contributed by atoms with E-state index in [0.717, 1.165) is 18.4 Å². The van der Waals surface area contributed by atoms with Gasteiger partial charge in [-0.1, -0.05) is 0 Å². The summed E-state index contributed by atoms with van der Waals surface area (Å²) in [6.07, 6.45) is 9.46. The third kappa shape index (κ3) is 3.92. The average molecular weight is 325 g/mol. The lowest BCUT2D eigenvalue weighted by atomic mass is 9.96. The lowest BCUT2D eigenvalue weighted by Gasteiger charge is -2.31. The number of nitrogens with one attached hydrogen (secondary N) is 1. The number of rotatable bonds is 4. The number of hydrogen-bond donors (Lipinski definition) is 1. The second-order valence-electron chi connectivity index (χ2n) is 5.75. The molecule has 0 bridgehead atoms. The van der Waals surface area contributed by atoms with Gasteiger partial charge in [-0.05, 0) is 30.5 Å². The highest BCUT2D eigenvalue weighted by atomic mass is 16.2. The van der Waals surface area contributed by atoms with Crippen LogP contribution in [0.1, 0.15) is 28.9 Å². The van der Waals surface area contributed by atoms with Gasteiger partial charge in [0.2, 0.25) is 5.91 Å². The third-order valence-corrected chi connectivity index (χ3v) is 4.08. The zero-order valence-corrected chi connectivity index (χ0v) is 13.3. The molecule has 1 unspecified atom stereocenters. The van der Waals surface area contributed by atoms with E-state index < -0.39 is 0 Å². The van der Waals surface area contributed by atoms with Crippen LogP contribution in [-0.2, 0) is 11.3 Å². The fourth-order valence-corrected chi connectivity index (χ4v) is 2.78. The van der Waals surface area contributed by atoms with E-state index in [-0.39, 0.29) is 17.7 Å². The lowest BCUT2D eigenvalue weighted by molar-refractivity contribution is -0.126. The van der Waals surface area contributed by atoms with Crippen molar-refractivity contribution in [3.8, 4) is 0 Å². The zero-order valence-electron chi connectivity index (χ0n) is 13.3. The average Bonchev–Trinajstić information content (AvgIpc) is 2.67. The number of hydrogen-bond acceptors (Lipinski definition) is 5. The highest BCUT2D eigenvalue weighted by Crippen LogP contribution is 2.18. The Labute approximate surface area is 140 Å². The first-order valence-corrected chi connectivity index (χ1v) is 7.96. The van der Waals surface area contributed by atoms with Gasteiger partial charge < -0.3 is 10.2 Å². The van der Waals surface area contributed by atoms with Crippen molar-refractivity contribution in [2.75, 3.05) is 13.1 Å². The molecule has 1 saturated heterocycles. The van der Waals surface area contributed by atoms with Crippen LogP contribution in [-0.4, -0.2) is 44.8 Å². The number of pyridine rings is 1. The van der Waals surface area contributed by atoms with E-state index in [1.807, 2.05) is 12.1 Å². The molecule has 2 aromatic rings. The summed E-state index contributed by atoms with van der Waals surface area (Å²) >= 11 is 0. The van der Waals surface area contributed by atoms with Gasteiger partial charge in [0.05, 0.1) is 12.1 Å². The maximum absolute atomic E-state index is 12.4. The van der Waals surface area contributed by atoms with Crippen LogP contribution >= 0.6 is 0 Å². The zero-order chi connectivity index (χ0) is 16.8. The van der Waals surface area contributed by atoms with Crippen molar-refractivity contribution in [3.05, 3.63) is 54.4 Å². The molecule has 3 rings (SSSR count). The van der Waals surface area contributed by atoms with Crippen molar-refractivity contribution in [2.45, 2.75) is 19.4 Å². The molecule has 0 saturated carbocycles. The SMILES string of the molecule is O=C(NCc1ccncc1)C1CCCN(C(=O)c2cnccn2)C1. The second kappa shape index (κ2) is 7.63. The standard InChI is InChI=1S/C17H19N5O2/c23-16(21-10-13-3-5-18-6-4-13)14-2-1-9-22(12-14)17(24)15-11-19-7-8-20-15/h3-8,11,14H,1-2,9-10,12H2,(H,21,23). The fourth-order valence-electron chi connectivity index (χ4n) is 2.78. The van der Waals surface area contributed by atoms with Crippen LogP contribution in [0.3, 0.4) is 0 Å². The summed E-state index contributed by atoms with van der Waals surface area (Å²) in [5.74, 6) is -0.389. The summed E-state index contributed by atoms with van der Waals surface area (Å²) < 4.78 is 0. The second-order valence-corrected chi connectivity index (χ2v) is 5.75. The monoisotopic (exact) mass is 325 g/mol. The van der Waals surface area contributed by atoms with Gasteiger partial charge in [0.15, 0.2) is 0 Å². The first-order valence-electron chi connectivity index (χ1n) is 7.96. The predicted molar refractivity (Wildman–Crippen MR) is 86.7 cm³/mol. The van der Waals surface area contributed by atoms with E-state index in [1.165, 1.54) is 18.6 Å². The lowest BCUT2D eigenvalue weighted by Crippen LogP contribution is -2.45. The summed E-state index contributed by atoms with van der Waals surface area (Å²) in [7, 11) is 0. The Morgan fingerprint density at radius 2 is 2.00 bits per heavy atom. The van der Waals surface area contributed by atoms with Crippen LogP contribution in [0.2, 0.25) is 0 Å². The molecule has 7 heteroatoms. The molecule has 0 radical (unpaired) electrons. The van der Waals surface area contributed by atoms with Crippen molar-refractivity contribution < 1.29 is 9.59 Å². The van der Waals surface area contributed by atoms with E-state index >= 15 is 0 Å². The van der Waals surface area contributed by atoms with Gasteiger partial charge >= 0.3 is 0 Å². The summed E-state index contributed by atoms with van der Waals surface area (Å²) in [6.45, 7) is 1.52. The number of aromatic nitrogens is 3. The van der Waals surface area contributed by atoms with Crippen LogP contribution < -0.4 is 5.32 Å². The first kappa shape index (κ1) is 16.0. The van der Waals surface area contributed by atoms with E-state index in [9.17, 15) is 9.59 Å². The Morgan fingerprint density at radius 1 is 1.17 bits per heavy atom. The van der Waals surface area contributed by atoms with Crippen LogP contribution in [0, 0.1) is 5.92 Å². The Balaban J connectivity index is 1.57. The van der Waals surface area contributed by atoms with E-state index in [4.69, 9.17) is 0 Å². The van der Waals surface area contributed by atoms with E-state index in [2.05, 4.69) is 20.3 Å². The van der Waals surface area contributed by atoms with Gasteiger partial charge in [0.25, 0.3) is 5.91 Å². The number of piperidine rings is 1.